The van der Waals surface area contributed by atoms with Crippen LogP contribution in [0.15, 0.2) is 72.8 Å². The molecule has 33 heavy (non-hydrogen) atoms. The number of hydrogen-bond acceptors (Lipinski definition) is 5. The van der Waals surface area contributed by atoms with Crippen LogP contribution in [-0.4, -0.2) is 44.4 Å². The average molecular weight is 446 g/mol. The van der Waals surface area contributed by atoms with Crippen molar-refractivity contribution in [3.8, 4) is 5.75 Å². The predicted octanol–water partition coefficient (Wildman–Crippen LogP) is 4.10. The maximum absolute atomic E-state index is 13.1. The van der Waals surface area contributed by atoms with E-state index < -0.39 is 17.7 Å². The van der Waals surface area contributed by atoms with Gasteiger partial charge in [-0.25, -0.2) is 4.98 Å². The van der Waals surface area contributed by atoms with E-state index in [1.165, 1.54) is 0 Å². The van der Waals surface area contributed by atoms with E-state index in [1.807, 2.05) is 61.0 Å². The maximum Gasteiger partial charge on any atom is 0.295 e. The lowest BCUT2D eigenvalue weighted by Gasteiger charge is -2.25. The second kappa shape index (κ2) is 9.73. The van der Waals surface area contributed by atoms with Crippen LogP contribution in [0.25, 0.3) is 5.76 Å². The molecule has 4 rings (SSSR count). The first-order valence-electron chi connectivity index (χ1n) is 11.0. The molecule has 0 unspecified atom stereocenters. The molecule has 0 bridgehead atoms. The first-order chi connectivity index (χ1) is 16.0. The van der Waals surface area contributed by atoms with Crippen LogP contribution in [0.4, 0.5) is 0 Å². The van der Waals surface area contributed by atoms with Crippen molar-refractivity contribution in [1.29, 1.82) is 0 Å². The number of benzene rings is 2. The van der Waals surface area contributed by atoms with Crippen molar-refractivity contribution in [1.82, 2.24) is 14.5 Å². The van der Waals surface area contributed by atoms with E-state index in [2.05, 4.69) is 4.98 Å². The molecule has 0 spiro atoms. The Kier molecular flexibility index (Phi) is 6.58. The van der Waals surface area contributed by atoms with Gasteiger partial charge in [-0.05, 0) is 38.0 Å². The highest BCUT2D eigenvalue weighted by Gasteiger charge is 2.45. The van der Waals surface area contributed by atoms with Crippen LogP contribution in [0, 0.1) is 6.92 Å². The summed E-state index contributed by atoms with van der Waals surface area (Å²) in [6.07, 6.45) is 5.92. The van der Waals surface area contributed by atoms with Crippen LogP contribution in [-0.2, 0) is 16.1 Å². The summed E-state index contributed by atoms with van der Waals surface area (Å²) in [5, 5.41) is 11.1. The molecule has 1 amide bonds. The normalized spacial score (nSPS) is 17.5. The Morgan fingerprint density at radius 2 is 1.79 bits per heavy atom. The van der Waals surface area contributed by atoms with Gasteiger partial charge in [0.05, 0.1) is 24.5 Å². The van der Waals surface area contributed by atoms with Crippen LogP contribution in [0.5, 0.6) is 5.75 Å². The highest BCUT2D eigenvalue weighted by molar-refractivity contribution is 6.46. The molecular weight excluding hydrogens is 418 g/mol. The Balaban J connectivity index is 1.71. The lowest BCUT2D eigenvalue weighted by atomic mass is 9.95. The van der Waals surface area contributed by atoms with Gasteiger partial charge in [-0.1, -0.05) is 42.0 Å². The summed E-state index contributed by atoms with van der Waals surface area (Å²) < 4.78 is 7.46. The molecule has 1 aliphatic rings. The number of hydrogen-bond donors (Lipinski definition) is 1. The molecule has 1 aromatic heterocycles. The standard InChI is InChI=1S/C26H27N3O4/c1-3-33-21-11-9-19(10-12-21)23-22(24(30)20-7-5-18(2)6-8-20)25(31)26(32)29(23)15-4-14-28-16-13-27-17-28/h5-13,16-17,23,30H,3-4,14-15H2,1-2H3/t23-/m1/s1. The van der Waals surface area contributed by atoms with Gasteiger partial charge >= 0.3 is 0 Å². The smallest absolute Gasteiger partial charge is 0.295 e. The lowest BCUT2D eigenvalue weighted by molar-refractivity contribution is -0.139. The van der Waals surface area contributed by atoms with E-state index in [0.717, 1.165) is 11.1 Å². The van der Waals surface area contributed by atoms with E-state index in [1.54, 1.807) is 29.6 Å². The number of aryl methyl sites for hydroxylation is 2. The Labute approximate surface area is 192 Å². The Morgan fingerprint density at radius 3 is 2.42 bits per heavy atom. The summed E-state index contributed by atoms with van der Waals surface area (Å²) in [5.41, 5.74) is 2.40. The maximum atomic E-state index is 13.1. The quantitative estimate of drug-likeness (QED) is 0.321. The SMILES string of the molecule is CCOc1ccc([C@@H]2C(=C(O)c3ccc(C)cc3)C(=O)C(=O)N2CCCn2ccnc2)cc1. The second-order valence-electron chi connectivity index (χ2n) is 8.01. The fraction of sp³-hybridized carbons (Fsp3) is 0.269. The molecule has 170 valence electrons. The van der Waals surface area contributed by atoms with Crippen molar-refractivity contribution in [3.63, 3.8) is 0 Å². The monoisotopic (exact) mass is 445 g/mol. The third-order valence-corrected chi connectivity index (χ3v) is 5.75. The van der Waals surface area contributed by atoms with Crippen molar-refractivity contribution >= 4 is 17.4 Å². The summed E-state index contributed by atoms with van der Waals surface area (Å²) in [6, 6.07) is 13.9. The minimum atomic E-state index is -0.676. The molecule has 3 aromatic rings. The molecule has 1 atom stereocenters. The van der Waals surface area contributed by atoms with Gasteiger partial charge in [0.2, 0.25) is 0 Å². The highest BCUT2D eigenvalue weighted by Crippen LogP contribution is 2.40. The number of amides is 1. The van der Waals surface area contributed by atoms with Gasteiger partial charge in [0.25, 0.3) is 11.7 Å². The lowest BCUT2D eigenvalue weighted by Crippen LogP contribution is -2.31. The number of likely N-dealkylation sites (tertiary alicyclic amines) is 1. The van der Waals surface area contributed by atoms with Gasteiger partial charge in [0.1, 0.15) is 11.5 Å². The zero-order chi connectivity index (χ0) is 23.4. The number of Topliss-reactive ketones (excluding diaryl/α,β-unsaturated/α-hetero) is 1. The van der Waals surface area contributed by atoms with E-state index in [-0.39, 0.29) is 11.3 Å². The molecule has 7 nitrogen and oxygen atoms in total. The highest BCUT2D eigenvalue weighted by atomic mass is 16.5. The predicted molar refractivity (Wildman–Crippen MR) is 125 cm³/mol. The largest absolute Gasteiger partial charge is 0.507 e. The third kappa shape index (κ3) is 4.67. The number of aliphatic hydroxyl groups excluding tert-OH is 1. The van der Waals surface area contributed by atoms with Crippen LogP contribution in [0.1, 0.15) is 36.1 Å². The zero-order valence-electron chi connectivity index (χ0n) is 18.8. The van der Waals surface area contributed by atoms with Crippen molar-refractivity contribution < 1.29 is 19.4 Å². The van der Waals surface area contributed by atoms with Crippen molar-refractivity contribution in [3.05, 3.63) is 89.5 Å². The first-order valence-corrected chi connectivity index (χ1v) is 11.0. The molecular formula is C26H27N3O4. The fourth-order valence-corrected chi connectivity index (χ4v) is 4.08. The van der Waals surface area contributed by atoms with Gasteiger partial charge in [-0.2, -0.15) is 0 Å². The topological polar surface area (TPSA) is 84.7 Å². The van der Waals surface area contributed by atoms with E-state index >= 15 is 0 Å². The second-order valence-corrected chi connectivity index (χ2v) is 8.01. The van der Waals surface area contributed by atoms with Crippen LogP contribution in [0.2, 0.25) is 0 Å². The molecule has 2 heterocycles. The van der Waals surface area contributed by atoms with Gasteiger partial charge < -0.3 is 19.3 Å². The molecule has 0 aliphatic carbocycles. The van der Waals surface area contributed by atoms with Gasteiger partial charge in [0.15, 0.2) is 0 Å². The number of ketones is 1. The third-order valence-electron chi connectivity index (χ3n) is 5.75. The Morgan fingerprint density at radius 1 is 1.06 bits per heavy atom. The summed E-state index contributed by atoms with van der Waals surface area (Å²) in [5.74, 6) is -0.732. The molecule has 0 radical (unpaired) electrons. The molecule has 1 N–H and O–H groups in total. The average Bonchev–Trinajstić information content (AvgIpc) is 3.42. The van der Waals surface area contributed by atoms with Gasteiger partial charge in [-0.3, -0.25) is 9.59 Å². The number of nitrogens with zero attached hydrogens (tertiary/aromatic N) is 3. The van der Waals surface area contributed by atoms with Crippen molar-refractivity contribution in [2.75, 3.05) is 13.2 Å². The van der Waals surface area contributed by atoms with E-state index in [0.29, 0.717) is 37.4 Å². The number of aromatic nitrogens is 2. The summed E-state index contributed by atoms with van der Waals surface area (Å²) in [6.45, 7) is 5.43. The zero-order valence-corrected chi connectivity index (χ0v) is 18.8. The summed E-state index contributed by atoms with van der Waals surface area (Å²) in [7, 11) is 0. The van der Waals surface area contributed by atoms with Crippen LogP contribution >= 0.6 is 0 Å². The molecule has 7 heteroatoms. The number of ether oxygens (including phenoxy) is 1. The molecule has 1 aliphatic heterocycles. The Hall–Kier alpha value is -3.87. The first kappa shape index (κ1) is 22.3. The van der Waals surface area contributed by atoms with Gasteiger partial charge in [-0.15, -0.1) is 0 Å². The minimum Gasteiger partial charge on any atom is -0.507 e. The number of carbonyl (C=O) groups excluding carboxylic acids is 2. The number of imidazole rings is 1. The van der Waals surface area contributed by atoms with Crippen molar-refractivity contribution in [2.24, 2.45) is 0 Å². The van der Waals surface area contributed by atoms with E-state index in [9.17, 15) is 14.7 Å². The fourth-order valence-electron chi connectivity index (χ4n) is 4.08. The number of aliphatic hydroxyl groups is 1. The summed E-state index contributed by atoms with van der Waals surface area (Å²) >= 11 is 0. The number of rotatable bonds is 8. The van der Waals surface area contributed by atoms with Crippen LogP contribution in [0.3, 0.4) is 0 Å². The van der Waals surface area contributed by atoms with E-state index in [4.69, 9.17) is 4.74 Å². The van der Waals surface area contributed by atoms with Crippen molar-refractivity contribution in [2.45, 2.75) is 32.9 Å². The molecule has 1 fully saturated rings. The summed E-state index contributed by atoms with van der Waals surface area (Å²) in [4.78, 5) is 31.7. The molecule has 2 aromatic carbocycles. The molecule has 1 saturated heterocycles. The van der Waals surface area contributed by atoms with Crippen LogP contribution < -0.4 is 4.74 Å². The minimum absolute atomic E-state index is 0.107. The number of carbonyl (C=O) groups is 2. The van der Waals surface area contributed by atoms with Gasteiger partial charge in [0, 0.05) is 31.0 Å². The Bertz CT molecular complexity index is 1150. The molecule has 0 saturated carbocycles.